The van der Waals surface area contributed by atoms with E-state index in [1.807, 2.05) is 103 Å². The summed E-state index contributed by atoms with van der Waals surface area (Å²) in [5, 5.41) is 4.95. The number of allylic oxidation sites excluding steroid dienone is 2. The molecule has 100 heavy (non-hydrogen) atoms. The van der Waals surface area contributed by atoms with E-state index in [-0.39, 0.29) is 61.3 Å². The highest BCUT2D eigenvalue weighted by atomic mass is 32.1. The molecule has 0 radical (unpaired) electrons. The number of ketones is 1. The highest BCUT2D eigenvalue weighted by Gasteiger charge is 2.33. The third-order valence-corrected chi connectivity index (χ3v) is 17.9. The number of rotatable bonds is 1. The van der Waals surface area contributed by atoms with Crippen molar-refractivity contribution >= 4 is 40.5 Å². The predicted molar refractivity (Wildman–Crippen MR) is 415 cm³/mol. The average molecular weight is 1400 g/mol. The molecule has 2 amide bonds. The topological polar surface area (TPSA) is 171 Å². The van der Waals surface area contributed by atoms with Crippen molar-refractivity contribution in [2.75, 3.05) is 19.6 Å². The molecular weight excluding hydrogens is 1280 g/mol. The Bertz CT molecular complexity index is 3530. The average Bonchev–Trinajstić information content (AvgIpc) is 1.60. The van der Waals surface area contributed by atoms with Crippen molar-refractivity contribution in [3.05, 3.63) is 142 Å². The maximum atomic E-state index is 11.3. The molecule has 6 aromatic heterocycles. The zero-order chi connectivity index (χ0) is 77.2. The van der Waals surface area contributed by atoms with E-state index in [2.05, 4.69) is 217 Å². The first kappa shape index (κ1) is 89.3. The quantitative estimate of drug-likeness (QED) is 0.113. The van der Waals surface area contributed by atoms with Crippen LogP contribution in [-0.2, 0) is 47.1 Å². The van der Waals surface area contributed by atoms with Gasteiger partial charge in [-0.05, 0) is 180 Å². The van der Waals surface area contributed by atoms with Gasteiger partial charge in [-0.15, -0.1) is 49.9 Å². The molecule has 6 aromatic rings. The van der Waals surface area contributed by atoms with E-state index in [1.54, 1.807) is 42.1 Å². The molecule has 0 spiro atoms. The van der Waals surface area contributed by atoms with Crippen molar-refractivity contribution in [2.45, 2.75) is 244 Å². The molecule has 9 rings (SSSR count). The van der Waals surface area contributed by atoms with Gasteiger partial charge in [0.25, 0.3) is 11.8 Å². The molecule has 2 unspecified atom stereocenters. The maximum Gasteiger partial charge on any atom is 0.273 e. The van der Waals surface area contributed by atoms with Crippen LogP contribution in [0.15, 0.2) is 95.2 Å². The minimum Gasteiger partial charge on any atom is -0.438 e. The molecule has 15 nitrogen and oxygen atoms in total. The Labute approximate surface area is 611 Å². The summed E-state index contributed by atoms with van der Waals surface area (Å²) >= 11 is 3.08. The Morgan fingerprint density at radius 1 is 0.630 bits per heavy atom. The van der Waals surface area contributed by atoms with Gasteiger partial charge < -0.3 is 23.2 Å². The summed E-state index contributed by atoms with van der Waals surface area (Å²) in [6.45, 7) is 63.3. The Morgan fingerprint density at radius 3 is 1.52 bits per heavy atom. The van der Waals surface area contributed by atoms with Gasteiger partial charge in [-0.3, -0.25) is 19.1 Å². The molecular formula is C83H116N10O5S2. The highest BCUT2D eigenvalue weighted by molar-refractivity contribution is 7.12. The first-order valence-electron chi connectivity index (χ1n) is 33.6. The summed E-state index contributed by atoms with van der Waals surface area (Å²) in [6.07, 6.45) is 53.3. The molecule has 1 saturated heterocycles. The number of likely N-dealkylation sites (tertiary alicyclic amines) is 1. The zero-order valence-electron chi connectivity index (χ0n) is 65.4. The highest BCUT2D eigenvalue weighted by Crippen LogP contribution is 2.35. The maximum absolute atomic E-state index is 11.3. The summed E-state index contributed by atoms with van der Waals surface area (Å²) in [7, 11) is 0. The normalized spacial score (nSPS) is 15.1. The first-order valence-corrected chi connectivity index (χ1v) is 35.1. The van der Waals surface area contributed by atoms with Crippen LogP contribution in [0.2, 0.25) is 0 Å². The second-order valence-electron chi connectivity index (χ2n) is 33.4. The van der Waals surface area contributed by atoms with Crippen LogP contribution in [0.25, 0.3) is 0 Å². The Balaban J connectivity index is 0.000000563. The van der Waals surface area contributed by atoms with Crippen molar-refractivity contribution in [3.63, 3.8) is 0 Å². The number of terminal acetylenes is 6. The summed E-state index contributed by atoms with van der Waals surface area (Å²) in [6, 6.07) is 3.82. The molecule has 0 bridgehead atoms. The van der Waals surface area contributed by atoms with E-state index in [9.17, 15) is 14.4 Å². The van der Waals surface area contributed by atoms with E-state index in [1.165, 1.54) is 27.4 Å². The van der Waals surface area contributed by atoms with E-state index in [0.29, 0.717) is 40.6 Å². The number of oxazole rings is 2. The molecule has 0 saturated carbocycles. The molecule has 2 atom stereocenters. The molecule has 8 heterocycles. The fraction of sp³-hybridized carbons (Fsp3) is 0.530. The van der Waals surface area contributed by atoms with Gasteiger partial charge in [0.1, 0.15) is 23.4 Å². The number of carbonyl (C=O) groups is 3. The van der Waals surface area contributed by atoms with E-state index >= 15 is 0 Å². The molecule has 3 aliphatic rings. The third-order valence-electron chi connectivity index (χ3n) is 15.4. The SMILES string of the molecule is C#Cc1cc(C(C)(C)C)sn1.C#Cc1ccn(C(C)(C)C)n1.C#Cc1nc(C(C)(C)C)co1.C#Cc1ncc(C(C)(C)C)o1.C#Cc1ncc(C(C)(C)C)s1.C#Cc1nccn1C(C)(C)C.C=CC(=O)N1CCC(C(C)(C)C)C1.CC(C)(C)C1CC=CC(=O)C1.CC(C)(C)N1CC=CC1=O. The Kier molecular flexibility index (Phi) is 34.1. The molecule has 1 fully saturated rings. The molecule has 1 aliphatic carbocycles. The van der Waals surface area contributed by atoms with Gasteiger partial charge in [0.05, 0.1) is 17.4 Å². The fourth-order valence-corrected chi connectivity index (χ4v) is 10.3. The second kappa shape index (κ2) is 38.2. The van der Waals surface area contributed by atoms with Gasteiger partial charge in [0, 0.05) is 88.6 Å². The van der Waals surface area contributed by atoms with Gasteiger partial charge in [-0.2, -0.15) is 9.47 Å². The number of imidazole rings is 1. The lowest BCUT2D eigenvalue weighted by atomic mass is 9.74. The minimum absolute atomic E-state index is 0.0118. The molecule has 0 N–H and O–H groups in total. The fourth-order valence-electron chi connectivity index (χ4n) is 8.74. The van der Waals surface area contributed by atoms with Crippen LogP contribution in [0.5, 0.6) is 0 Å². The van der Waals surface area contributed by atoms with Gasteiger partial charge >= 0.3 is 0 Å². The van der Waals surface area contributed by atoms with Crippen molar-refractivity contribution in [2.24, 2.45) is 22.7 Å². The molecule has 17 heteroatoms. The van der Waals surface area contributed by atoms with Crippen molar-refractivity contribution in [1.29, 1.82) is 0 Å². The van der Waals surface area contributed by atoms with Gasteiger partial charge in [0.2, 0.25) is 11.8 Å². The monoisotopic (exact) mass is 1400 g/mol. The van der Waals surface area contributed by atoms with Crippen molar-refractivity contribution in [3.8, 4) is 74.1 Å². The Morgan fingerprint density at radius 2 is 1.22 bits per heavy atom. The lowest BCUT2D eigenvalue weighted by Gasteiger charge is -2.31. The predicted octanol–water partition coefficient (Wildman–Crippen LogP) is 17.8. The summed E-state index contributed by atoms with van der Waals surface area (Å²) < 4.78 is 18.2. The summed E-state index contributed by atoms with van der Waals surface area (Å²) in [5.41, 5.74) is 3.30. The van der Waals surface area contributed by atoms with E-state index in [0.717, 1.165) is 61.1 Å². The van der Waals surface area contributed by atoms with Crippen LogP contribution in [0, 0.1) is 96.7 Å². The van der Waals surface area contributed by atoms with Crippen LogP contribution < -0.4 is 0 Å². The molecule has 540 valence electrons. The smallest absolute Gasteiger partial charge is 0.273 e. The molecule has 0 aromatic carbocycles. The number of hydrogen-bond acceptors (Lipinski definition) is 13. The van der Waals surface area contributed by atoms with Crippen LogP contribution in [0.1, 0.15) is 261 Å². The van der Waals surface area contributed by atoms with Crippen LogP contribution in [-0.4, -0.2) is 91.2 Å². The largest absolute Gasteiger partial charge is 0.438 e. The summed E-state index contributed by atoms with van der Waals surface area (Å²) in [4.78, 5) is 55.7. The standard InChI is InChI=1S/C11H19NO.C10H16O.2C9H12N2.2C9H11NO.2C9H11NS.C8H13NO/c1-5-10(13)12-7-6-9(8-12)11(2,3)4;1-10(2,3)8-5-4-6-9(11)7-8;1-5-8-10-6-7-11(8)9(2,3)4;1-5-8-6-7-11(10-8)9(2,3)4;1-5-8-10-7(6-11-8)9(2,3)4;2*1-5-8-10-6-7(11-8)9(2,3)4;1-5-7-6-8(11-10-7)9(2,3)4;1-8(2,3)9-6-4-5-7(9)10/h5,9H,1,6-8H2,2-4H3;4,6,8H,5,7H2,1-3H3;2*1,6-7H,2-4H3;4*1,6H,2-4H3;4-5H,6H2,1-3H3. The lowest BCUT2D eigenvalue weighted by molar-refractivity contribution is -0.128. The Hall–Kier alpha value is -8.71. The van der Waals surface area contributed by atoms with Crippen LogP contribution in [0.3, 0.4) is 0 Å². The number of amides is 2. The third kappa shape index (κ3) is 32.1. The van der Waals surface area contributed by atoms with Gasteiger partial charge in [-0.25, -0.2) is 19.9 Å². The number of thiazole rings is 1. The number of nitrogens with zero attached hydrogens (tertiary/aromatic N) is 10. The number of carbonyl (C=O) groups excluding carboxylic acids is 3. The van der Waals surface area contributed by atoms with Crippen molar-refractivity contribution < 1.29 is 23.2 Å². The van der Waals surface area contributed by atoms with Crippen LogP contribution in [0.4, 0.5) is 0 Å². The van der Waals surface area contributed by atoms with Crippen molar-refractivity contribution in [1.82, 2.24) is 48.5 Å². The van der Waals surface area contributed by atoms with Crippen LogP contribution >= 0.6 is 22.9 Å². The number of hydrogen-bond donors (Lipinski definition) is 0. The minimum atomic E-state index is -0.0272. The first-order chi connectivity index (χ1) is 45.7. The summed E-state index contributed by atoms with van der Waals surface area (Å²) in [5.74, 6) is 18.7. The van der Waals surface area contributed by atoms with Gasteiger partial charge in [0.15, 0.2) is 16.6 Å². The van der Waals surface area contributed by atoms with Gasteiger partial charge in [-0.1, -0.05) is 143 Å². The molecule has 2 aliphatic heterocycles. The zero-order valence-corrected chi connectivity index (χ0v) is 67.0. The number of aromatic nitrogens is 8. The lowest BCUT2D eigenvalue weighted by Crippen LogP contribution is -2.42. The van der Waals surface area contributed by atoms with E-state index < -0.39 is 0 Å². The second-order valence-corrected chi connectivity index (χ2v) is 35.2. The van der Waals surface area contributed by atoms with E-state index in [4.69, 9.17) is 47.4 Å².